The van der Waals surface area contributed by atoms with E-state index in [0.29, 0.717) is 43.3 Å². The van der Waals surface area contributed by atoms with Gasteiger partial charge in [-0.05, 0) is 31.0 Å². The molecule has 1 fully saturated rings. The Bertz CT molecular complexity index is 669. The molecular formula is C20H31FN4O3. The fourth-order valence-corrected chi connectivity index (χ4v) is 3.07. The number of benzene rings is 1. The first-order valence-electron chi connectivity index (χ1n) is 9.61. The van der Waals surface area contributed by atoms with Crippen molar-refractivity contribution >= 4 is 11.9 Å². The predicted octanol–water partition coefficient (Wildman–Crippen LogP) is 1.42. The van der Waals surface area contributed by atoms with Crippen LogP contribution in [0.1, 0.15) is 22.3 Å². The van der Waals surface area contributed by atoms with Crippen molar-refractivity contribution in [3.05, 3.63) is 35.1 Å². The minimum atomic E-state index is -0.374. The van der Waals surface area contributed by atoms with Crippen LogP contribution in [0.25, 0.3) is 0 Å². The van der Waals surface area contributed by atoms with Crippen LogP contribution >= 0.6 is 0 Å². The average molecular weight is 394 g/mol. The van der Waals surface area contributed by atoms with Crippen molar-refractivity contribution < 1.29 is 18.7 Å². The maximum absolute atomic E-state index is 13.6. The van der Waals surface area contributed by atoms with Crippen molar-refractivity contribution in [1.82, 2.24) is 15.5 Å². The normalized spacial score (nSPS) is 17.1. The molecule has 1 aliphatic heterocycles. The highest BCUT2D eigenvalue weighted by molar-refractivity contribution is 5.94. The van der Waals surface area contributed by atoms with Crippen LogP contribution in [0.3, 0.4) is 0 Å². The number of hydrogen-bond donors (Lipinski definition) is 2. The Balaban J connectivity index is 1.68. The molecule has 8 heteroatoms. The van der Waals surface area contributed by atoms with Gasteiger partial charge in [0.25, 0.3) is 5.91 Å². The van der Waals surface area contributed by atoms with Gasteiger partial charge in [-0.15, -0.1) is 0 Å². The van der Waals surface area contributed by atoms with Crippen molar-refractivity contribution in [3.8, 4) is 0 Å². The first-order valence-corrected chi connectivity index (χ1v) is 9.61. The van der Waals surface area contributed by atoms with E-state index >= 15 is 0 Å². The molecule has 0 bridgehead atoms. The maximum atomic E-state index is 13.6. The van der Waals surface area contributed by atoms with E-state index in [-0.39, 0.29) is 11.7 Å². The molecule has 1 aromatic rings. The van der Waals surface area contributed by atoms with Crippen molar-refractivity contribution in [2.24, 2.45) is 10.9 Å². The van der Waals surface area contributed by atoms with Gasteiger partial charge in [-0.25, -0.2) is 4.39 Å². The second-order valence-electron chi connectivity index (χ2n) is 6.86. The summed E-state index contributed by atoms with van der Waals surface area (Å²) in [6.07, 6.45) is 1.06. The summed E-state index contributed by atoms with van der Waals surface area (Å²) in [5, 5.41) is 6.05. The Kier molecular flexibility index (Phi) is 9.16. The molecule has 0 radical (unpaired) electrons. The summed E-state index contributed by atoms with van der Waals surface area (Å²) < 4.78 is 24.2. The Morgan fingerprint density at radius 1 is 1.32 bits per heavy atom. The number of guanidine groups is 1. The largest absolute Gasteiger partial charge is 0.382 e. The van der Waals surface area contributed by atoms with Crippen molar-refractivity contribution in [2.45, 2.75) is 13.3 Å². The smallest absolute Gasteiger partial charge is 0.251 e. The minimum Gasteiger partial charge on any atom is -0.382 e. The molecule has 1 amide bonds. The number of nitrogens with zero attached hydrogens (tertiary/aromatic N) is 2. The van der Waals surface area contributed by atoms with E-state index in [2.05, 4.69) is 20.5 Å². The van der Waals surface area contributed by atoms with Crippen molar-refractivity contribution in [1.29, 1.82) is 0 Å². The molecule has 1 aliphatic rings. The second-order valence-corrected chi connectivity index (χ2v) is 6.86. The van der Waals surface area contributed by atoms with Gasteiger partial charge in [0.2, 0.25) is 0 Å². The quantitative estimate of drug-likeness (QED) is 0.376. The molecule has 0 aliphatic carbocycles. The number of ether oxygens (including phenoxy) is 2. The van der Waals surface area contributed by atoms with Gasteiger partial charge in [0.1, 0.15) is 5.82 Å². The van der Waals surface area contributed by atoms with Crippen molar-refractivity contribution in [2.75, 3.05) is 60.2 Å². The number of carbonyl (C=O) groups excluding carboxylic acids is 1. The third-order valence-corrected chi connectivity index (χ3v) is 4.71. The third kappa shape index (κ3) is 6.76. The summed E-state index contributed by atoms with van der Waals surface area (Å²) in [6.45, 7) is 6.39. The van der Waals surface area contributed by atoms with Crippen LogP contribution in [-0.4, -0.2) is 76.9 Å². The SMILES string of the molecule is CN=C(NCCNC(=O)c1ccc(C)c(F)c1)N1CCC(COCCOC)C1. The highest BCUT2D eigenvalue weighted by Gasteiger charge is 2.24. The summed E-state index contributed by atoms with van der Waals surface area (Å²) in [5.74, 6) is 0.632. The van der Waals surface area contributed by atoms with E-state index in [9.17, 15) is 9.18 Å². The highest BCUT2D eigenvalue weighted by atomic mass is 19.1. The van der Waals surface area contributed by atoms with Gasteiger partial charge in [-0.3, -0.25) is 9.79 Å². The maximum Gasteiger partial charge on any atom is 0.251 e. The molecule has 0 spiro atoms. The number of halogens is 1. The van der Waals surface area contributed by atoms with Gasteiger partial charge in [-0.2, -0.15) is 0 Å². The molecule has 0 saturated carbocycles. The molecule has 1 heterocycles. The topological polar surface area (TPSA) is 75.2 Å². The van der Waals surface area contributed by atoms with Gasteiger partial charge >= 0.3 is 0 Å². The van der Waals surface area contributed by atoms with Gasteiger partial charge in [0.15, 0.2) is 5.96 Å². The highest BCUT2D eigenvalue weighted by Crippen LogP contribution is 2.16. The fraction of sp³-hybridized carbons (Fsp3) is 0.600. The van der Waals surface area contributed by atoms with E-state index in [1.807, 2.05) is 0 Å². The third-order valence-electron chi connectivity index (χ3n) is 4.71. The standard InChI is InChI=1S/C20H31FN4O3/c1-15-4-5-17(12-18(15)21)19(26)23-7-8-24-20(22-2)25-9-6-16(13-25)14-28-11-10-27-3/h4-5,12,16H,6-11,13-14H2,1-3H3,(H,22,24)(H,23,26). The van der Waals surface area contributed by atoms with Crippen LogP contribution in [0.5, 0.6) is 0 Å². The zero-order chi connectivity index (χ0) is 20.4. The van der Waals surface area contributed by atoms with E-state index < -0.39 is 0 Å². The molecule has 2 rings (SSSR count). The lowest BCUT2D eigenvalue weighted by Crippen LogP contribution is -2.43. The van der Waals surface area contributed by atoms with Crippen LogP contribution in [0.15, 0.2) is 23.2 Å². The number of aliphatic imine (C=N–C) groups is 1. The molecule has 0 aromatic heterocycles. The summed E-state index contributed by atoms with van der Waals surface area (Å²) in [5.41, 5.74) is 0.846. The lowest BCUT2D eigenvalue weighted by molar-refractivity contribution is 0.0536. The lowest BCUT2D eigenvalue weighted by Gasteiger charge is -2.22. The minimum absolute atomic E-state index is 0.287. The van der Waals surface area contributed by atoms with Gasteiger partial charge < -0.3 is 25.0 Å². The number of aryl methyl sites for hydroxylation is 1. The number of likely N-dealkylation sites (tertiary alicyclic amines) is 1. The molecule has 2 N–H and O–H groups in total. The number of hydrogen-bond acceptors (Lipinski definition) is 4. The van der Waals surface area contributed by atoms with Crippen LogP contribution in [0.4, 0.5) is 4.39 Å². The summed E-state index contributed by atoms with van der Waals surface area (Å²) in [7, 11) is 3.41. The van der Waals surface area contributed by atoms with Gasteiger partial charge in [0, 0.05) is 51.8 Å². The van der Waals surface area contributed by atoms with Crippen LogP contribution < -0.4 is 10.6 Å². The molecule has 28 heavy (non-hydrogen) atoms. The zero-order valence-electron chi connectivity index (χ0n) is 17.0. The first kappa shape index (κ1) is 22.1. The molecule has 1 atom stereocenters. The Morgan fingerprint density at radius 2 is 2.11 bits per heavy atom. The van der Waals surface area contributed by atoms with Crippen LogP contribution in [-0.2, 0) is 9.47 Å². The molecular weight excluding hydrogens is 363 g/mol. The summed E-state index contributed by atoms with van der Waals surface area (Å²) >= 11 is 0. The van der Waals surface area contributed by atoms with E-state index in [0.717, 1.165) is 32.1 Å². The Labute approximate surface area is 166 Å². The predicted molar refractivity (Wildman–Crippen MR) is 107 cm³/mol. The summed E-state index contributed by atoms with van der Waals surface area (Å²) in [4.78, 5) is 18.6. The molecule has 7 nitrogen and oxygen atoms in total. The molecule has 1 saturated heterocycles. The Hall–Kier alpha value is -2.19. The number of amides is 1. The van der Waals surface area contributed by atoms with Crippen molar-refractivity contribution in [3.63, 3.8) is 0 Å². The number of rotatable bonds is 9. The number of carbonyl (C=O) groups is 1. The van der Waals surface area contributed by atoms with E-state index in [1.165, 1.54) is 6.07 Å². The molecule has 1 unspecified atom stereocenters. The summed E-state index contributed by atoms with van der Waals surface area (Å²) in [6, 6.07) is 4.49. The number of methoxy groups -OCH3 is 1. The second kappa shape index (κ2) is 11.6. The first-order chi connectivity index (χ1) is 13.5. The fourth-order valence-electron chi connectivity index (χ4n) is 3.07. The Morgan fingerprint density at radius 3 is 2.82 bits per heavy atom. The monoisotopic (exact) mass is 394 g/mol. The van der Waals surface area contributed by atoms with Gasteiger partial charge in [-0.1, -0.05) is 6.07 Å². The van der Waals surface area contributed by atoms with Crippen LogP contribution in [0.2, 0.25) is 0 Å². The average Bonchev–Trinajstić information content (AvgIpc) is 3.16. The van der Waals surface area contributed by atoms with E-state index in [4.69, 9.17) is 9.47 Å². The zero-order valence-corrected chi connectivity index (χ0v) is 17.0. The lowest BCUT2D eigenvalue weighted by atomic mass is 10.1. The molecule has 156 valence electrons. The van der Waals surface area contributed by atoms with E-state index in [1.54, 1.807) is 33.2 Å². The van der Waals surface area contributed by atoms with Gasteiger partial charge in [0.05, 0.1) is 19.8 Å². The van der Waals surface area contributed by atoms with Crippen LogP contribution in [0, 0.1) is 18.7 Å². The molecule has 1 aromatic carbocycles. The number of nitrogens with one attached hydrogen (secondary N) is 2.